The summed E-state index contributed by atoms with van der Waals surface area (Å²) in [6.45, 7) is 6.90. The number of rotatable bonds is 6. The molecule has 2 unspecified atom stereocenters. The van der Waals surface area contributed by atoms with E-state index in [1.54, 1.807) is 0 Å². The van der Waals surface area contributed by atoms with Crippen molar-refractivity contribution >= 4 is 5.84 Å². The van der Waals surface area contributed by atoms with E-state index in [1.165, 1.54) is 45.2 Å². The Bertz CT molecular complexity index is 228. The molecule has 0 aromatic carbocycles. The molecule has 3 N–H and O–H groups in total. The van der Waals surface area contributed by atoms with Crippen LogP contribution in [0.4, 0.5) is 0 Å². The summed E-state index contributed by atoms with van der Waals surface area (Å²) in [6, 6.07) is 0.493. The third kappa shape index (κ3) is 5.07. The van der Waals surface area contributed by atoms with Gasteiger partial charge in [0.1, 0.15) is 0 Å². The Hall–Kier alpha value is -0.570. The van der Waals surface area contributed by atoms with Gasteiger partial charge in [0.2, 0.25) is 0 Å². The first-order chi connectivity index (χ1) is 8.17. The number of nitrogens with zero attached hydrogens (tertiary/aromatic N) is 1. The zero-order valence-electron chi connectivity index (χ0n) is 11.5. The van der Waals surface area contributed by atoms with Crippen LogP contribution in [0.5, 0.6) is 0 Å². The third-order valence-corrected chi connectivity index (χ3v) is 4.02. The number of likely N-dealkylation sites (tertiary alicyclic amines) is 1. The molecule has 1 aliphatic heterocycles. The highest BCUT2D eigenvalue weighted by atomic mass is 15.2. The van der Waals surface area contributed by atoms with Crippen molar-refractivity contribution in [2.75, 3.05) is 13.1 Å². The molecule has 0 aliphatic carbocycles. The second-order valence-corrected chi connectivity index (χ2v) is 5.41. The minimum atomic E-state index is 0.339. The fraction of sp³-hybridized carbons (Fsp3) is 0.929. The summed E-state index contributed by atoms with van der Waals surface area (Å²) in [4.78, 5) is 2.57. The van der Waals surface area contributed by atoms with Gasteiger partial charge in [-0.05, 0) is 44.7 Å². The molecular weight excluding hydrogens is 210 g/mol. The van der Waals surface area contributed by atoms with Gasteiger partial charge in [-0.3, -0.25) is 10.3 Å². The molecule has 17 heavy (non-hydrogen) atoms. The topological polar surface area (TPSA) is 53.1 Å². The lowest BCUT2D eigenvalue weighted by molar-refractivity contribution is 0.199. The predicted molar refractivity (Wildman–Crippen MR) is 74.4 cm³/mol. The van der Waals surface area contributed by atoms with Crippen molar-refractivity contribution < 1.29 is 0 Å². The van der Waals surface area contributed by atoms with E-state index in [2.05, 4.69) is 18.7 Å². The molecule has 0 spiro atoms. The van der Waals surface area contributed by atoms with Crippen molar-refractivity contribution in [1.29, 1.82) is 5.41 Å². The Labute approximate surface area is 106 Å². The number of amidine groups is 1. The first-order valence-electron chi connectivity index (χ1n) is 7.24. The van der Waals surface area contributed by atoms with Gasteiger partial charge in [0.05, 0.1) is 5.84 Å². The van der Waals surface area contributed by atoms with Gasteiger partial charge >= 0.3 is 0 Å². The van der Waals surface area contributed by atoms with E-state index in [4.69, 9.17) is 11.1 Å². The average molecular weight is 239 g/mol. The minimum Gasteiger partial charge on any atom is -0.388 e. The van der Waals surface area contributed by atoms with Gasteiger partial charge in [-0.15, -0.1) is 0 Å². The normalized spacial score (nSPS) is 24.2. The van der Waals surface area contributed by atoms with Gasteiger partial charge < -0.3 is 5.73 Å². The van der Waals surface area contributed by atoms with E-state index < -0.39 is 0 Å². The van der Waals surface area contributed by atoms with Crippen molar-refractivity contribution in [2.24, 2.45) is 11.7 Å². The zero-order valence-corrected chi connectivity index (χ0v) is 11.5. The summed E-state index contributed by atoms with van der Waals surface area (Å²) < 4.78 is 0. The van der Waals surface area contributed by atoms with E-state index in [1.807, 2.05) is 0 Å². The van der Waals surface area contributed by atoms with Gasteiger partial charge in [0, 0.05) is 12.5 Å². The molecule has 0 radical (unpaired) electrons. The van der Waals surface area contributed by atoms with Crippen LogP contribution in [0.3, 0.4) is 0 Å². The van der Waals surface area contributed by atoms with Crippen LogP contribution in [0, 0.1) is 11.3 Å². The summed E-state index contributed by atoms with van der Waals surface area (Å²) in [7, 11) is 0. The zero-order chi connectivity index (χ0) is 12.7. The smallest absolute Gasteiger partial charge is 0.0921 e. The first kappa shape index (κ1) is 14.5. The second kappa shape index (κ2) is 7.70. The van der Waals surface area contributed by atoms with Gasteiger partial charge in [-0.1, -0.05) is 26.7 Å². The molecule has 0 amide bonds. The maximum Gasteiger partial charge on any atom is 0.0921 e. The summed E-state index contributed by atoms with van der Waals surface area (Å²) in [5, 5.41) is 7.46. The molecule has 1 fully saturated rings. The minimum absolute atomic E-state index is 0.339. The molecule has 3 heteroatoms. The van der Waals surface area contributed by atoms with E-state index in [-0.39, 0.29) is 0 Å². The lowest BCUT2D eigenvalue weighted by atomic mass is 9.96. The Balaban J connectivity index is 2.45. The SMILES string of the molecule is CCCC1CCCN(C(CC)CC(=N)N)CC1. The number of hydrogen-bond acceptors (Lipinski definition) is 2. The number of nitrogens with two attached hydrogens (primary N) is 1. The molecule has 0 aromatic rings. The van der Waals surface area contributed by atoms with Gasteiger partial charge in [-0.25, -0.2) is 0 Å². The monoisotopic (exact) mass is 239 g/mol. The van der Waals surface area contributed by atoms with Crippen LogP contribution in [0.1, 0.15) is 58.8 Å². The Kier molecular flexibility index (Phi) is 6.56. The quantitative estimate of drug-likeness (QED) is 0.553. The molecule has 0 bridgehead atoms. The molecule has 1 saturated heterocycles. The van der Waals surface area contributed by atoms with Crippen LogP contribution in [0.25, 0.3) is 0 Å². The van der Waals surface area contributed by atoms with Gasteiger partial charge in [0.15, 0.2) is 0 Å². The van der Waals surface area contributed by atoms with Crippen LogP contribution in [0.2, 0.25) is 0 Å². The fourth-order valence-electron chi connectivity index (χ4n) is 3.04. The number of nitrogens with one attached hydrogen (secondary N) is 1. The van der Waals surface area contributed by atoms with Crippen molar-refractivity contribution in [3.8, 4) is 0 Å². The largest absolute Gasteiger partial charge is 0.388 e. The summed E-state index contributed by atoms with van der Waals surface area (Å²) in [5.74, 6) is 1.27. The molecule has 100 valence electrons. The molecule has 0 aromatic heterocycles. The van der Waals surface area contributed by atoms with Crippen LogP contribution in [0.15, 0.2) is 0 Å². The van der Waals surface area contributed by atoms with Crippen molar-refractivity contribution in [2.45, 2.75) is 64.8 Å². The second-order valence-electron chi connectivity index (χ2n) is 5.41. The highest BCUT2D eigenvalue weighted by molar-refractivity contribution is 5.77. The van der Waals surface area contributed by atoms with E-state index in [9.17, 15) is 0 Å². The van der Waals surface area contributed by atoms with E-state index in [0.717, 1.165) is 18.8 Å². The van der Waals surface area contributed by atoms with E-state index in [0.29, 0.717) is 11.9 Å². The van der Waals surface area contributed by atoms with Crippen LogP contribution in [-0.4, -0.2) is 29.9 Å². The molecule has 2 atom stereocenters. The van der Waals surface area contributed by atoms with Crippen molar-refractivity contribution in [3.63, 3.8) is 0 Å². The summed E-state index contributed by atoms with van der Waals surface area (Å²) >= 11 is 0. The standard InChI is InChI=1S/C14H29N3/c1-3-6-12-7-5-9-17(10-8-12)13(4-2)11-14(15)16/h12-13H,3-11H2,1-2H3,(H3,15,16). The Morgan fingerprint density at radius 2 is 2.12 bits per heavy atom. The van der Waals surface area contributed by atoms with Gasteiger partial charge in [-0.2, -0.15) is 0 Å². The van der Waals surface area contributed by atoms with Crippen LogP contribution >= 0.6 is 0 Å². The summed E-state index contributed by atoms with van der Waals surface area (Å²) in [5.41, 5.74) is 5.55. The fourth-order valence-corrected chi connectivity index (χ4v) is 3.04. The Morgan fingerprint density at radius 1 is 1.35 bits per heavy atom. The van der Waals surface area contributed by atoms with Crippen molar-refractivity contribution in [1.82, 2.24) is 4.90 Å². The molecule has 1 aliphatic rings. The van der Waals surface area contributed by atoms with Crippen LogP contribution < -0.4 is 5.73 Å². The van der Waals surface area contributed by atoms with Crippen molar-refractivity contribution in [3.05, 3.63) is 0 Å². The molecule has 1 rings (SSSR count). The number of hydrogen-bond donors (Lipinski definition) is 2. The average Bonchev–Trinajstić information content (AvgIpc) is 2.52. The Morgan fingerprint density at radius 3 is 2.71 bits per heavy atom. The maximum absolute atomic E-state index is 7.46. The molecule has 0 saturated carbocycles. The summed E-state index contributed by atoms with van der Waals surface area (Å²) in [6.07, 6.45) is 8.60. The molecule has 1 heterocycles. The molecule has 3 nitrogen and oxygen atoms in total. The van der Waals surface area contributed by atoms with E-state index >= 15 is 0 Å². The lowest BCUT2D eigenvalue weighted by Gasteiger charge is -2.29. The maximum atomic E-state index is 7.46. The highest BCUT2D eigenvalue weighted by Gasteiger charge is 2.22. The van der Waals surface area contributed by atoms with Crippen LogP contribution in [-0.2, 0) is 0 Å². The third-order valence-electron chi connectivity index (χ3n) is 4.02. The molecular formula is C14H29N3. The lowest BCUT2D eigenvalue weighted by Crippen LogP contribution is -2.38. The predicted octanol–water partition coefficient (Wildman–Crippen LogP) is 2.99. The first-order valence-corrected chi connectivity index (χ1v) is 7.24. The van der Waals surface area contributed by atoms with Gasteiger partial charge in [0.25, 0.3) is 0 Å². The highest BCUT2D eigenvalue weighted by Crippen LogP contribution is 2.24.